The van der Waals surface area contributed by atoms with Gasteiger partial charge in [0.2, 0.25) is 0 Å². The average molecular weight is 259 g/mol. The summed E-state index contributed by atoms with van der Waals surface area (Å²) in [7, 11) is 2.17. The van der Waals surface area contributed by atoms with Crippen molar-refractivity contribution in [3.63, 3.8) is 0 Å². The quantitative estimate of drug-likeness (QED) is 0.834. The van der Waals surface area contributed by atoms with Crippen molar-refractivity contribution in [3.05, 3.63) is 0 Å². The van der Waals surface area contributed by atoms with Crippen LogP contribution in [0, 0.1) is 5.92 Å². The van der Waals surface area contributed by atoms with Crippen molar-refractivity contribution < 1.29 is 0 Å². The summed E-state index contributed by atoms with van der Waals surface area (Å²) < 4.78 is 0. The highest BCUT2D eigenvalue weighted by Gasteiger charge is 2.34. The zero-order valence-electron chi connectivity index (χ0n) is 10.6. The molecule has 1 heterocycles. The van der Waals surface area contributed by atoms with Crippen molar-refractivity contribution in [3.8, 4) is 0 Å². The number of thioether (sulfide) groups is 2. The van der Waals surface area contributed by atoms with Gasteiger partial charge in [-0.05, 0) is 25.8 Å². The van der Waals surface area contributed by atoms with Gasteiger partial charge >= 0.3 is 0 Å². The Labute approximate surface area is 109 Å². The van der Waals surface area contributed by atoms with Crippen LogP contribution in [0.2, 0.25) is 0 Å². The lowest BCUT2D eigenvalue weighted by Gasteiger charge is -2.40. The Morgan fingerprint density at radius 2 is 1.75 bits per heavy atom. The maximum atomic E-state index is 3.64. The molecule has 3 atom stereocenters. The summed E-state index contributed by atoms with van der Waals surface area (Å²) in [6, 6.07) is 0.757. The summed E-state index contributed by atoms with van der Waals surface area (Å²) in [4.78, 5) is 0. The molecular formula is C13H25NS2. The van der Waals surface area contributed by atoms with Crippen molar-refractivity contribution >= 4 is 23.5 Å². The number of nitrogens with one attached hydrogen (secondary N) is 1. The van der Waals surface area contributed by atoms with Crippen LogP contribution >= 0.6 is 23.5 Å². The topological polar surface area (TPSA) is 12.0 Å². The number of hydrogen-bond donors (Lipinski definition) is 1. The fraction of sp³-hybridized carbons (Fsp3) is 1.00. The number of rotatable bonds is 3. The van der Waals surface area contributed by atoms with Crippen LogP contribution in [0.3, 0.4) is 0 Å². The van der Waals surface area contributed by atoms with E-state index in [1.54, 1.807) is 0 Å². The molecule has 1 aliphatic heterocycles. The minimum Gasteiger partial charge on any atom is -0.316 e. The third kappa shape index (κ3) is 3.11. The summed E-state index contributed by atoms with van der Waals surface area (Å²) in [5.41, 5.74) is 0. The van der Waals surface area contributed by atoms with Gasteiger partial charge in [-0.2, -0.15) is 23.5 Å². The molecule has 94 valence electrons. The van der Waals surface area contributed by atoms with E-state index >= 15 is 0 Å². The zero-order chi connectivity index (χ0) is 11.4. The molecule has 1 saturated heterocycles. The highest BCUT2D eigenvalue weighted by Crippen LogP contribution is 2.38. The van der Waals surface area contributed by atoms with Gasteiger partial charge in [0, 0.05) is 28.0 Å². The fourth-order valence-electron chi connectivity index (χ4n) is 3.21. The zero-order valence-corrected chi connectivity index (χ0v) is 12.2. The molecule has 2 aliphatic rings. The molecule has 2 rings (SSSR count). The van der Waals surface area contributed by atoms with Gasteiger partial charge in [-0.15, -0.1) is 0 Å². The van der Waals surface area contributed by atoms with Gasteiger partial charge in [0.15, 0.2) is 0 Å². The molecule has 1 N–H and O–H groups in total. The smallest absolute Gasteiger partial charge is 0.0320 e. The molecule has 0 aromatic heterocycles. The summed E-state index contributed by atoms with van der Waals surface area (Å²) in [5, 5.41) is 5.31. The Morgan fingerprint density at radius 3 is 2.38 bits per heavy atom. The SMILES string of the molecule is CNC(C1CCCCC1)C1SCCSC1C. The first kappa shape index (κ1) is 13.1. The molecule has 0 amide bonds. The van der Waals surface area contributed by atoms with Gasteiger partial charge in [-0.1, -0.05) is 26.2 Å². The van der Waals surface area contributed by atoms with Gasteiger partial charge < -0.3 is 5.32 Å². The molecule has 3 heteroatoms. The van der Waals surface area contributed by atoms with Crippen LogP contribution < -0.4 is 5.32 Å². The lowest BCUT2D eigenvalue weighted by atomic mass is 9.82. The van der Waals surface area contributed by atoms with Crippen molar-refractivity contribution in [2.24, 2.45) is 5.92 Å². The van der Waals surface area contributed by atoms with Gasteiger partial charge in [0.25, 0.3) is 0 Å². The second-order valence-corrected chi connectivity index (χ2v) is 7.89. The maximum Gasteiger partial charge on any atom is 0.0320 e. The Balaban J connectivity index is 1.96. The first-order chi connectivity index (χ1) is 7.83. The first-order valence-electron chi connectivity index (χ1n) is 6.73. The van der Waals surface area contributed by atoms with Crippen LogP contribution in [0.4, 0.5) is 0 Å². The van der Waals surface area contributed by atoms with E-state index in [2.05, 4.69) is 42.8 Å². The highest BCUT2D eigenvalue weighted by atomic mass is 32.2. The van der Waals surface area contributed by atoms with E-state index in [4.69, 9.17) is 0 Å². The minimum atomic E-state index is 0.757. The van der Waals surface area contributed by atoms with Crippen molar-refractivity contribution in [2.45, 2.75) is 55.6 Å². The van der Waals surface area contributed by atoms with Gasteiger partial charge in [-0.3, -0.25) is 0 Å². The molecule has 16 heavy (non-hydrogen) atoms. The summed E-state index contributed by atoms with van der Waals surface area (Å²) in [5.74, 6) is 3.64. The number of hydrogen-bond acceptors (Lipinski definition) is 3. The summed E-state index contributed by atoms with van der Waals surface area (Å²) in [6.45, 7) is 2.43. The second-order valence-electron chi connectivity index (χ2n) is 5.12. The molecule has 0 aromatic rings. The molecule has 1 nitrogen and oxygen atoms in total. The van der Waals surface area contributed by atoms with Crippen LogP contribution in [0.1, 0.15) is 39.0 Å². The third-order valence-corrected chi connectivity index (χ3v) is 7.30. The van der Waals surface area contributed by atoms with Crippen LogP contribution in [-0.2, 0) is 0 Å². The van der Waals surface area contributed by atoms with E-state index in [-0.39, 0.29) is 0 Å². The van der Waals surface area contributed by atoms with Crippen molar-refractivity contribution in [1.29, 1.82) is 0 Å². The second kappa shape index (κ2) is 6.55. The lowest BCUT2D eigenvalue weighted by Crippen LogP contribution is -2.48. The third-order valence-electron chi connectivity index (χ3n) is 4.08. The Bertz CT molecular complexity index is 204. The molecule has 2 fully saturated rings. The van der Waals surface area contributed by atoms with Crippen LogP contribution in [0.25, 0.3) is 0 Å². The van der Waals surface area contributed by atoms with Gasteiger partial charge in [0.1, 0.15) is 0 Å². The Morgan fingerprint density at radius 1 is 1.06 bits per heavy atom. The van der Waals surface area contributed by atoms with E-state index in [0.29, 0.717) is 0 Å². The Hall–Kier alpha value is 0.660. The predicted molar refractivity (Wildman–Crippen MR) is 77.6 cm³/mol. The summed E-state index contributed by atoms with van der Waals surface area (Å²) >= 11 is 4.39. The van der Waals surface area contributed by atoms with Gasteiger partial charge in [0.05, 0.1) is 0 Å². The average Bonchev–Trinajstić information content (AvgIpc) is 2.34. The molecule has 0 aromatic carbocycles. The molecule has 0 radical (unpaired) electrons. The van der Waals surface area contributed by atoms with E-state index in [0.717, 1.165) is 22.5 Å². The molecule has 1 saturated carbocycles. The van der Waals surface area contributed by atoms with E-state index < -0.39 is 0 Å². The molecule has 1 aliphatic carbocycles. The monoisotopic (exact) mass is 259 g/mol. The standard InChI is InChI=1S/C13H25NS2/c1-10-13(16-9-8-15-10)12(14-2)11-6-4-3-5-7-11/h10-14H,3-9H2,1-2H3. The first-order valence-corrected chi connectivity index (χ1v) is 8.83. The minimum absolute atomic E-state index is 0.757. The van der Waals surface area contributed by atoms with E-state index in [1.165, 1.54) is 43.6 Å². The molecular weight excluding hydrogens is 234 g/mol. The van der Waals surface area contributed by atoms with E-state index in [1.807, 2.05) is 0 Å². The van der Waals surface area contributed by atoms with Crippen molar-refractivity contribution in [1.82, 2.24) is 5.32 Å². The fourth-order valence-corrected chi connectivity index (χ4v) is 6.29. The van der Waals surface area contributed by atoms with Crippen LogP contribution in [0.15, 0.2) is 0 Å². The van der Waals surface area contributed by atoms with Crippen molar-refractivity contribution in [2.75, 3.05) is 18.6 Å². The molecule has 0 bridgehead atoms. The molecule has 0 spiro atoms. The predicted octanol–water partition coefficient (Wildman–Crippen LogP) is 3.39. The normalized spacial score (nSPS) is 34.9. The maximum absolute atomic E-state index is 3.64. The highest BCUT2D eigenvalue weighted by molar-refractivity contribution is 8.07. The van der Waals surface area contributed by atoms with Gasteiger partial charge in [-0.25, -0.2) is 0 Å². The van der Waals surface area contributed by atoms with Crippen LogP contribution in [-0.4, -0.2) is 35.1 Å². The largest absolute Gasteiger partial charge is 0.316 e. The molecule has 3 unspecified atom stereocenters. The van der Waals surface area contributed by atoms with Crippen LogP contribution in [0.5, 0.6) is 0 Å². The van der Waals surface area contributed by atoms with E-state index in [9.17, 15) is 0 Å². The Kier molecular flexibility index (Phi) is 5.37. The summed E-state index contributed by atoms with van der Waals surface area (Å²) in [6.07, 6.45) is 7.30. The lowest BCUT2D eigenvalue weighted by molar-refractivity contribution is 0.272.